The topological polar surface area (TPSA) is 69.7 Å². The summed E-state index contributed by atoms with van der Waals surface area (Å²) in [7, 11) is 0.486. The van der Waals surface area contributed by atoms with E-state index in [1.807, 2.05) is 60.0 Å². The van der Waals surface area contributed by atoms with Gasteiger partial charge in [-0.2, -0.15) is 4.31 Å². The fraction of sp³-hybridized carbons (Fsp3) is 0.500. The molecule has 2 aromatic carbocycles. The maximum atomic E-state index is 13.4. The number of carbonyl (C=O) groups is 1. The summed E-state index contributed by atoms with van der Waals surface area (Å²) in [6.45, 7) is 9.76. The number of aryl methyl sites for hydroxylation is 2. The Labute approximate surface area is 199 Å². The van der Waals surface area contributed by atoms with Gasteiger partial charge in [0.2, 0.25) is 15.9 Å². The molecule has 0 bridgehead atoms. The molecule has 1 heterocycles. The number of benzene rings is 2. The van der Waals surface area contributed by atoms with Crippen LogP contribution in [-0.4, -0.2) is 50.7 Å². The smallest absolute Gasteiger partial charge is 0.243 e. The van der Waals surface area contributed by atoms with Gasteiger partial charge in [-0.3, -0.25) is 4.79 Å². The van der Waals surface area contributed by atoms with Gasteiger partial charge in [-0.25, -0.2) is 8.42 Å². The summed E-state index contributed by atoms with van der Waals surface area (Å²) >= 11 is 0. The molecule has 2 aromatic rings. The Bertz CT molecular complexity index is 1070. The Kier molecular flexibility index (Phi) is 7.98. The van der Waals surface area contributed by atoms with Gasteiger partial charge in [-0.05, 0) is 88.0 Å². The molecule has 1 fully saturated rings. The Morgan fingerprint density at radius 2 is 1.48 bits per heavy atom. The van der Waals surface area contributed by atoms with Gasteiger partial charge < -0.3 is 10.2 Å². The van der Waals surface area contributed by atoms with Crippen LogP contribution in [0.3, 0.4) is 0 Å². The number of carbonyl (C=O) groups excluding carboxylic acids is 1. The van der Waals surface area contributed by atoms with E-state index in [9.17, 15) is 13.2 Å². The van der Waals surface area contributed by atoms with Crippen molar-refractivity contribution in [1.29, 1.82) is 0 Å². The molecular formula is C26H37N3O3S. The summed E-state index contributed by atoms with van der Waals surface area (Å²) in [6, 6.07) is 10.3. The van der Waals surface area contributed by atoms with Crippen molar-refractivity contribution in [3.05, 3.63) is 63.7 Å². The monoisotopic (exact) mass is 471 g/mol. The fourth-order valence-corrected chi connectivity index (χ4v) is 6.56. The minimum Gasteiger partial charge on any atom is -0.352 e. The van der Waals surface area contributed by atoms with Crippen LogP contribution in [0.25, 0.3) is 0 Å². The average molecular weight is 472 g/mol. The Balaban J connectivity index is 1.59. The van der Waals surface area contributed by atoms with Crippen molar-refractivity contribution >= 4 is 15.9 Å². The highest BCUT2D eigenvalue weighted by atomic mass is 32.2. The van der Waals surface area contributed by atoms with E-state index < -0.39 is 10.0 Å². The Hall–Kier alpha value is -2.22. The third kappa shape index (κ3) is 5.83. The van der Waals surface area contributed by atoms with Gasteiger partial charge in [0.1, 0.15) is 0 Å². The molecule has 1 N–H and O–H groups in total. The lowest BCUT2D eigenvalue weighted by molar-refractivity contribution is -0.126. The first-order valence-electron chi connectivity index (χ1n) is 11.6. The van der Waals surface area contributed by atoms with Crippen LogP contribution in [0, 0.1) is 33.6 Å². The summed E-state index contributed by atoms with van der Waals surface area (Å²) in [5, 5.41) is 3.03. The van der Waals surface area contributed by atoms with E-state index >= 15 is 0 Å². The number of hydrogen-bond acceptors (Lipinski definition) is 4. The molecule has 0 spiro atoms. The quantitative estimate of drug-likeness (QED) is 0.669. The zero-order valence-electron chi connectivity index (χ0n) is 20.7. The number of amides is 1. The van der Waals surface area contributed by atoms with Gasteiger partial charge in [0, 0.05) is 32.1 Å². The second-order valence-electron chi connectivity index (χ2n) is 9.54. The van der Waals surface area contributed by atoms with Crippen LogP contribution in [0.1, 0.15) is 46.2 Å². The van der Waals surface area contributed by atoms with E-state index in [-0.39, 0.29) is 11.8 Å². The molecule has 0 aromatic heterocycles. The van der Waals surface area contributed by atoms with Crippen molar-refractivity contribution in [3.63, 3.8) is 0 Å². The molecule has 33 heavy (non-hydrogen) atoms. The van der Waals surface area contributed by atoms with Crippen LogP contribution < -0.4 is 5.32 Å². The van der Waals surface area contributed by atoms with Gasteiger partial charge in [-0.15, -0.1) is 0 Å². The van der Waals surface area contributed by atoms with Crippen LogP contribution in [-0.2, 0) is 27.9 Å². The third-order valence-corrected chi connectivity index (χ3v) is 8.88. The number of sulfonamides is 1. The number of nitrogens with zero attached hydrogens (tertiary/aromatic N) is 2. The predicted octanol–water partition coefficient (Wildman–Crippen LogP) is 3.70. The van der Waals surface area contributed by atoms with Crippen molar-refractivity contribution in [1.82, 2.24) is 14.5 Å². The van der Waals surface area contributed by atoms with Gasteiger partial charge in [0.25, 0.3) is 0 Å². The molecule has 0 aliphatic carbocycles. The molecule has 3 rings (SSSR count). The van der Waals surface area contributed by atoms with Crippen LogP contribution in [0.4, 0.5) is 0 Å². The second-order valence-corrected chi connectivity index (χ2v) is 11.4. The first-order chi connectivity index (χ1) is 15.5. The minimum atomic E-state index is -3.59. The van der Waals surface area contributed by atoms with E-state index in [0.717, 1.165) is 34.4 Å². The lowest BCUT2D eigenvalue weighted by atomic mass is 9.97. The lowest BCUT2D eigenvalue weighted by Crippen LogP contribution is -2.43. The number of rotatable bonds is 7. The summed E-state index contributed by atoms with van der Waals surface area (Å²) < 4.78 is 28.4. The molecule has 180 valence electrons. The first-order valence-corrected chi connectivity index (χ1v) is 13.0. The Morgan fingerprint density at radius 1 is 0.970 bits per heavy atom. The minimum absolute atomic E-state index is 0.00294. The molecule has 1 saturated heterocycles. The lowest BCUT2D eigenvalue weighted by Gasteiger charge is -2.31. The summed E-state index contributed by atoms with van der Waals surface area (Å²) in [4.78, 5) is 15.3. The van der Waals surface area contributed by atoms with E-state index in [4.69, 9.17) is 0 Å². The molecule has 0 atom stereocenters. The fourth-order valence-electron chi connectivity index (χ4n) is 4.52. The van der Waals surface area contributed by atoms with Crippen LogP contribution >= 0.6 is 0 Å². The second kappa shape index (κ2) is 10.4. The molecule has 0 saturated carbocycles. The number of nitrogens with one attached hydrogen (secondary N) is 1. The maximum absolute atomic E-state index is 13.4. The molecule has 7 heteroatoms. The largest absolute Gasteiger partial charge is 0.352 e. The standard InChI is InChI=1S/C26H37N3O3S/c1-18-15-19(2)21(4)25(20(18)3)33(31,32)29-13-11-24(12-14-29)26(30)27-16-22-7-9-23(10-8-22)17-28(5)6/h7-10,15,24H,11-14,16-17H2,1-6H3,(H,27,30). The van der Waals surface area contributed by atoms with Gasteiger partial charge >= 0.3 is 0 Å². The number of hydrogen-bond donors (Lipinski definition) is 1. The number of piperidine rings is 1. The molecule has 1 aliphatic rings. The zero-order valence-corrected chi connectivity index (χ0v) is 21.6. The van der Waals surface area contributed by atoms with Crippen molar-refractivity contribution < 1.29 is 13.2 Å². The molecule has 1 amide bonds. The van der Waals surface area contributed by atoms with E-state index in [1.54, 1.807) is 4.31 Å². The van der Waals surface area contributed by atoms with Crippen LogP contribution in [0.5, 0.6) is 0 Å². The summed E-state index contributed by atoms with van der Waals surface area (Å²) in [5.74, 6) is -0.158. The SMILES string of the molecule is Cc1cc(C)c(C)c(S(=O)(=O)N2CCC(C(=O)NCc3ccc(CN(C)C)cc3)CC2)c1C. The predicted molar refractivity (Wildman–Crippen MR) is 133 cm³/mol. The van der Waals surface area contributed by atoms with Crippen molar-refractivity contribution in [2.45, 2.75) is 58.5 Å². The highest BCUT2D eigenvalue weighted by Gasteiger charge is 2.34. The molecule has 1 aliphatic heterocycles. The highest BCUT2D eigenvalue weighted by molar-refractivity contribution is 7.89. The van der Waals surface area contributed by atoms with Gasteiger partial charge in [0.15, 0.2) is 0 Å². The average Bonchev–Trinajstić information content (AvgIpc) is 2.77. The normalized spacial score (nSPS) is 15.7. The van der Waals surface area contributed by atoms with Crippen LogP contribution in [0.15, 0.2) is 35.2 Å². The van der Waals surface area contributed by atoms with E-state index in [0.29, 0.717) is 37.4 Å². The molecule has 0 unspecified atom stereocenters. The van der Waals surface area contributed by atoms with Gasteiger partial charge in [0.05, 0.1) is 4.90 Å². The first kappa shape index (κ1) is 25.4. The van der Waals surface area contributed by atoms with Crippen LogP contribution in [0.2, 0.25) is 0 Å². The zero-order chi connectivity index (χ0) is 24.3. The van der Waals surface area contributed by atoms with E-state index in [2.05, 4.69) is 22.3 Å². The van der Waals surface area contributed by atoms with E-state index in [1.165, 1.54) is 5.56 Å². The van der Waals surface area contributed by atoms with Gasteiger partial charge in [-0.1, -0.05) is 30.3 Å². The summed E-state index contributed by atoms with van der Waals surface area (Å²) in [5.41, 5.74) is 5.90. The van der Waals surface area contributed by atoms with Crippen molar-refractivity contribution in [3.8, 4) is 0 Å². The maximum Gasteiger partial charge on any atom is 0.243 e. The molecular weight excluding hydrogens is 434 g/mol. The molecule has 0 radical (unpaired) electrons. The highest BCUT2D eigenvalue weighted by Crippen LogP contribution is 2.31. The van der Waals surface area contributed by atoms with Crippen molar-refractivity contribution in [2.24, 2.45) is 5.92 Å². The Morgan fingerprint density at radius 3 is 2.00 bits per heavy atom. The molecule has 6 nitrogen and oxygen atoms in total. The summed E-state index contributed by atoms with van der Waals surface area (Å²) in [6.07, 6.45) is 1.07. The third-order valence-electron chi connectivity index (χ3n) is 6.71. The van der Waals surface area contributed by atoms with Crippen molar-refractivity contribution in [2.75, 3.05) is 27.2 Å².